The average molecular weight is 191 g/mol. The van der Waals surface area contributed by atoms with E-state index in [1.807, 2.05) is 17.0 Å². The van der Waals surface area contributed by atoms with Crippen LogP contribution >= 0.6 is 0 Å². The number of hydrogen-bond donors (Lipinski definition) is 0. The summed E-state index contributed by atoms with van der Waals surface area (Å²) in [6.45, 7) is 1.95. The zero-order valence-corrected chi connectivity index (χ0v) is 7.98. The van der Waals surface area contributed by atoms with Crippen LogP contribution in [0.15, 0.2) is 22.8 Å². The van der Waals surface area contributed by atoms with Gasteiger partial charge in [-0.2, -0.15) is 0 Å². The normalized spacial score (nSPS) is 29.0. The van der Waals surface area contributed by atoms with E-state index in [1.54, 1.807) is 6.26 Å². The molecular weight excluding hydrogens is 178 g/mol. The molecule has 1 aliphatic heterocycles. The molecule has 14 heavy (non-hydrogen) atoms. The van der Waals surface area contributed by atoms with Crippen molar-refractivity contribution in [1.29, 1.82) is 0 Å². The van der Waals surface area contributed by atoms with Gasteiger partial charge in [0, 0.05) is 13.1 Å². The molecule has 1 aromatic heterocycles. The molecule has 1 aliphatic carbocycles. The Labute approximate surface area is 82.7 Å². The first kappa shape index (κ1) is 8.09. The van der Waals surface area contributed by atoms with Gasteiger partial charge in [-0.1, -0.05) is 0 Å². The Balaban J connectivity index is 1.60. The van der Waals surface area contributed by atoms with Gasteiger partial charge in [0.15, 0.2) is 0 Å². The molecule has 2 unspecified atom stereocenters. The lowest BCUT2D eigenvalue weighted by molar-refractivity contribution is -0.130. The summed E-state index contributed by atoms with van der Waals surface area (Å²) in [5, 5.41) is 0. The Kier molecular flexibility index (Phi) is 1.66. The van der Waals surface area contributed by atoms with Crippen LogP contribution in [0.4, 0.5) is 0 Å². The van der Waals surface area contributed by atoms with Crippen LogP contribution in [0, 0.1) is 11.8 Å². The van der Waals surface area contributed by atoms with Crippen molar-refractivity contribution in [1.82, 2.24) is 4.90 Å². The lowest BCUT2D eigenvalue weighted by atomic mass is 10.3. The number of likely N-dealkylation sites (tertiary alicyclic amines) is 1. The molecule has 2 fully saturated rings. The number of amides is 1. The standard InChI is InChI=1S/C11H13NO2/c13-11(5-10-2-1-3-14-10)12-6-8-4-9(8)7-12/h1-3,8-9H,4-7H2. The highest BCUT2D eigenvalue weighted by Gasteiger charge is 2.46. The van der Waals surface area contributed by atoms with E-state index >= 15 is 0 Å². The number of carbonyl (C=O) groups is 1. The van der Waals surface area contributed by atoms with E-state index in [1.165, 1.54) is 6.42 Å². The van der Waals surface area contributed by atoms with Crippen LogP contribution in [0.1, 0.15) is 12.2 Å². The molecule has 3 nitrogen and oxygen atoms in total. The zero-order chi connectivity index (χ0) is 9.54. The minimum absolute atomic E-state index is 0.215. The molecule has 0 spiro atoms. The molecule has 0 aromatic carbocycles. The minimum atomic E-state index is 0.215. The van der Waals surface area contributed by atoms with Crippen molar-refractivity contribution in [2.24, 2.45) is 11.8 Å². The van der Waals surface area contributed by atoms with Crippen molar-refractivity contribution in [3.8, 4) is 0 Å². The van der Waals surface area contributed by atoms with Gasteiger partial charge in [0.2, 0.25) is 5.91 Å². The van der Waals surface area contributed by atoms with Gasteiger partial charge in [0.05, 0.1) is 12.7 Å². The number of fused-ring (bicyclic) bond motifs is 1. The van der Waals surface area contributed by atoms with E-state index < -0.39 is 0 Å². The summed E-state index contributed by atoms with van der Waals surface area (Å²) in [7, 11) is 0. The number of nitrogens with zero attached hydrogens (tertiary/aromatic N) is 1. The van der Waals surface area contributed by atoms with Gasteiger partial charge in [-0.3, -0.25) is 4.79 Å². The highest BCUT2D eigenvalue weighted by molar-refractivity contribution is 5.78. The number of furan rings is 1. The Morgan fingerprint density at radius 2 is 2.29 bits per heavy atom. The molecule has 2 atom stereocenters. The predicted molar refractivity (Wildman–Crippen MR) is 50.6 cm³/mol. The van der Waals surface area contributed by atoms with Crippen molar-refractivity contribution in [3.63, 3.8) is 0 Å². The van der Waals surface area contributed by atoms with Gasteiger partial charge in [-0.25, -0.2) is 0 Å². The van der Waals surface area contributed by atoms with Crippen LogP contribution in [0.2, 0.25) is 0 Å². The van der Waals surface area contributed by atoms with E-state index in [2.05, 4.69) is 0 Å². The van der Waals surface area contributed by atoms with E-state index in [0.717, 1.165) is 30.7 Å². The van der Waals surface area contributed by atoms with Crippen LogP contribution in [-0.4, -0.2) is 23.9 Å². The molecule has 0 radical (unpaired) electrons. The smallest absolute Gasteiger partial charge is 0.230 e. The van der Waals surface area contributed by atoms with Crippen molar-refractivity contribution in [2.45, 2.75) is 12.8 Å². The summed E-state index contributed by atoms with van der Waals surface area (Å²) in [5.74, 6) is 2.62. The fourth-order valence-electron chi connectivity index (χ4n) is 2.28. The lowest BCUT2D eigenvalue weighted by Crippen LogP contribution is -2.31. The SMILES string of the molecule is O=C(Cc1ccco1)N1CC2CC2C1. The summed E-state index contributed by atoms with van der Waals surface area (Å²) in [6, 6.07) is 3.68. The summed E-state index contributed by atoms with van der Waals surface area (Å²) in [4.78, 5) is 13.7. The van der Waals surface area contributed by atoms with Crippen LogP contribution in [0.25, 0.3) is 0 Å². The Morgan fingerprint density at radius 1 is 1.50 bits per heavy atom. The maximum absolute atomic E-state index is 11.7. The summed E-state index contributed by atoms with van der Waals surface area (Å²) < 4.78 is 5.15. The number of rotatable bonds is 2. The maximum Gasteiger partial charge on any atom is 0.230 e. The summed E-state index contributed by atoms with van der Waals surface area (Å²) >= 11 is 0. The average Bonchev–Trinajstić information content (AvgIpc) is 2.68. The van der Waals surface area contributed by atoms with Crippen molar-refractivity contribution >= 4 is 5.91 Å². The van der Waals surface area contributed by atoms with Gasteiger partial charge in [0.25, 0.3) is 0 Å². The molecular formula is C11H13NO2. The first-order valence-electron chi connectivity index (χ1n) is 5.13. The molecule has 0 bridgehead atoms. The Bertz CT molecular complexity index is 334. The fraction of sp³-hybridized carbons (Fsp3) is 0.545. The third kappa shape index (κ3) is 1.33. The quantitative estimate of drug-likeness (QED) is 0.706. The third-order valence-corrected chi connectivity index (χ3v) is 3.24. The number of piperidine rings is 1. The van der Waals surface area contributed by atoms with Gasteiger partial charge >= 0.3 is 0 Å². The first-order valence-corrected chi connectivity index (χ1v) is 5.13. The predicted octanol–water partition coefficient (Wildman–Crippen LogP) is 1.30. The molecule has 1 saturated heterocycles. The van der Waals surface area contributed by atoms with Crippen LogP contribution in [-0.2, 0) is 11.2 Å². The molecule has 2 aliphatic rings. The summed E-state index contributed by atoms with van der Waals surface area (Å²) in [5.41, 5.74) is 0. The minimum Gasteiger partial charge on any atom is -0.469 e. The van der Waals surface area contributed by atoms with Gasteiger partial charge in [0.1, 0.15) is 5.76 Å². The fourth-order valence-corrected chi connectivity index (χ4v) is 2.28. The second-order valence-corrected chi connectivity index (χ2v) is 4.31. The van der Waals surface area contributed by atoms with Crippen molar-refractivity contribution in [2.75, 3.05) is 13.1 Å². The molecule has 2 heterocycles. The third-order valence-electron chi connectivity index (χ3n) is 3.24. The van der Waals surface area contributed by atoms with Crippen molar-refractivity contribution < 1.29 is 9.21 Å². The highest BCUT2D eigenvalue weighted by Crippen LogP contribution is 2.44. The van der Waals surface area contributed by atoms with Crippen LogP contribution < -0.4 is 0 Å². The molecule has 0 N–H and O–H groups in total. The second-order valence-electron chi connectivity index (χ2n) is 4.31. The Morgan fingerprint density at radius 3 is 2.93 bits per heavy atom. The largest absolute Gasteiger partial charge is 0.469 e. The molecule has 1 amide bonds. The topological polar surface area (TPSA) is 33.5 Å². The van der Waals surface area contributed by atoms with Gasteiger partial charge in [-0.05, 0) is 30.4 Å². The first-order chi connectivity index (χ1) is 6.83. The van der Waals surface area contributed by atoms with Crippen molar-refractivity contribution in [3.05, 3.63) is 24.2 Å². The maximum atomic E-state index is 11.7. The number of hydrogen-bond acceptors (Lipinski definition) is 2. The van der Waals surface area contributed by atoms with E-state index in [0.29, 0.717) is 6.42 Å². The van der Waals surface area contributed by atoms with Gasteiger partial charge < -0.3 is 9.32 Å². The zero-order valence-electron chi connectivity index (χ0n) is 7.98. The summed E-state index contributed by atoms with van der Waals surface area (Å²) in [6.07, 6.45) is 3.38. The van der Waals surface area contributed by atoms with E-state index in [-0.39, 0.29) is 5.91 Å². The van der Waals surface area contributed by atoms with Crippen LogP contribution in [0.5, 0.6) is 0 Å². The Hall–Kier alpha value is -1.25. The number of carbonyl (C=O) groups excluding carboxylic acids is 1. The molecule has 1 saturated carbocycles. The second kappa shape index (κ2) is 2.87. The lowest BCUT2D eigenvalue weighted by Gasteiger charge is -2.16. The molecule has 3 rings (SSSR count). The van der Waals surface area contributed by atoms with Crippen LogP contribution in [0.3, 0.4) is 0 Å². The highest BCUT2D eigenvalue weighted by atomic mass is 16.3. The van der Waals surface area contributed by atoms with Gasteiger partial charge in [-0.15, -0.1) is 0 Å². The molecule has 1 aromatic rings. The van der Waals surface area contributed by atoms with E-state index in [9.17, 15) is 4.79 Å². The molecule has 3 heteroatoms. The molecule has 74 valence electrons. The van der Waals surface area contributed by atoms with E-state index in [4.69, 9.17) is 4.42 Å². The monoisotopic (exact) mass is 191 g/mol.